The summed E-state index contributed by atoms with van der Waals surface area (Å²) in [5, 5.41) is 8.36. The summed E-state index contributed by atoms with van der Waals surface area (Å²) in [6, 6.07) is 1.98. The second-order valence-corrected chi connectivity index (χ2v) is 6.07. The van der Waals surface area contributed by atoms with Crippen LogP contribution in [0.2, 0.25) is 5.02 Å². The molecule has 2 aromatic rings. The van der Waals surface area contributed by atoms with Crippen molar-refractivity contribution in [3.05, 3.63) is 40.9 Å². The zero-order valence-electron chi connectivity index (χ0n) is 14.7. The molecule has 6 nitrogen and oxygen atoms in total. The molecule has 134 valence electrons. The summed E-state index contributed by atoms with van der Waals surface area (Å²) in [7, 11) is 4.03. The van der Waals surface area contributed by atoms with Crippen LogP contribution in [-0.4, -0.2) is 45.3 Å². The van der Waals surface area contributed by atoms with Crippen molar-refractivity contribution in [3.63, 3.8) is 0 Å². The number of aliphatic imine (C=N–C) groups is 1. The molecule has 2 rings (SSSR count). The Bertz CT molecular complexity index is 663. The van der Waals surface area contributed by atoms with Crippen molar-refractivity contribution in [2.24, 2.45) is 12.0 Å². The molecule has 1 N–H and O–H groups in total. The van der Waals surface area contributed by atoms with E-state index in [-0.39, 0.29) is 24.0 Å². The third-order valence-corrected chi connectivity index (χ3v) is 3.73. The lowest BCUT2D eigenvalue weighted by Gasteiger charge is -2.22. The minimum Gasteiger partial charge on any atom is -0.357 e. The number of aryl methyl sites for hydroxylation is 2. The van der Waals surface area contributed by atoms with E-state index in [1.54, 1.807) is 0 Å². The molecule has 0 radical (unpaired) electrons. The highest BCUT2D eigenvalue weighted by atomic mass is 127. The highest BCUT2D eigenvalue weighted by Crippen LogP contribution is 2.14. The molecular weight excluding hydrogens is 439 g/mol. The maximum absolute atomic E-state index is 6.05. The van der Waals surface area contributed by atoms with Crippen LogP contribution in [0.25, 0.3) is 0 Å². The van der Waals surface area contributed by atoms with Gasteiger partial charge in [-0.25, -0.2) is 0 Å². The average molecular weight is 465 g/mol. The van der Waals surface area contributed by atoms with Crippen LogP contribution in [0, 0.1) is 6.92 Å². The number of nitrogens with zero attached hydrogens (tertiary/aromatic N) is 5. The van der Waals surface area contributed by atoms with Crippen molar-refractivity contribution in [3.8, 4) is 0 Å². The second-order valence-electron chi connectivity index (χ2n) is 5.63. The van der Waals surface area contributed by atoms with Crippen molar-refractivity contribution in [2.45, 2.75) is 26.9 Å². The maximum Gasteiger partial charge on any atom is 0.194 e. The highest BCUT2D eigenvalue weighted by molar-refractivity contribution is 14.0. The highest BCUT2D eigenvalue weighted by Gasteiger charge is 2.09. The summed E-state index contributed by atoms with van der Waals surface area (Å²) in [4.78, 5) is 6.78. The van der Waals surface area contributed by atoms with Crippen molar-refractivity contribution >= 4 is 41.5 Å². The molecule has 0 bridgehead atoms. The van der Waals surface area contributed by atoms with Gasteiger partial charge in [-0.15, -0.1) is 24.0 Å². The van der Waals surface area contributed by atoms with Gasteiger partial charge >= 0.3 is 0 Å². The Morgan fingerprint density at radius 2 is 2.17 bits per heavy atom. The first kappa shape index (κ1) is 20.8. The van der Waals surface area contributed by atoms with Gasteiger partial charge in [0.25, 0.3) is 0 Å². The molecule has 2 aromatic heterocycles. The number of aromatic nitrogens is 3. The number of guanidine groups is 1. The van der Waals surface area contributed by atoms with E-state index in [2.05, 4.69) is 27.2 Å². The van der Waals surface area contributed by atoms with Crippen LogP contribution in [0.4, 0.5) is 0 Å². The molecule has 0 atom stereocenters. The third kappa shape index (κ3) is 6.01. The number of hydrogen-bond donors (Lipinski definition) is 1. The van der Waals surface area contributed by atoms with Gasteiger partial charge in [0, 0.05) is 38.7 Å². The van der Waals surface area contributed by atoms with Crippen molar-refractivity contribution in [2.75, 3.05) is 20.1 Å². The van der Waals surface area contributed by atoms with E-state index in [1.807, 2.05) is 54.9 Å². The van der Waals surface area contributed by atoms with Crippen molar-refractivity contribution in [1.29, 1.82) is 0 Å². The Kier molecular flexibility index (Phi) is 8.61. The minimum absolute atomic E-state index is 0. The van der Waals surface area contributed by atoms with Gasteiger partial charge in [0.05, 0.1) is 30.9 Å². The fourth-order valence-electron chi connectivity index (χ4n) is 2.36. The number of rotatable bonds is 6. The van der Waals surface area contributed by atoms with Gasteiger partial charge in [0.15, 0.2) is 5.96 Å². The Balaban J connectivity index is 0.00000288. The third-order valence-electron chi connectivity index (χ3n) is 3.52. The Morgan fingerprint density at radius 3 is 2.71 bits per heavy atom. The van der Waals surface area contributed by atoms with E-state index in [0.717, 1.165) is 36.3 Å². The summed E-state index contributed by atoms with van der Waals surface area (Å²) in [6.07, 6.45) is 5.80. The maximum atomic E-state index is 6.05. The standard InChI is InChI=1S/C16H25ClN6.HI/c1-5-18-16(19-6-7-23-10-13(2)9-20-23)22(4)12-15-8-14(17)11-21(15)3;/h8-11H,5-7,12H2,1-4H3,(H,18,19);1H. The Labute approximate surface area is 165 Å². The molecule has 0 aliphatic carbocycles. The second kappa shape index (κ2) is 9.93. The lowest BCUT2D eigenvalue weighted by Crippen LogP contribution is -2.39. The van der Waals surface area contributed by atoms with Gasteiger partial charge in [-0.05, 0) is 25.5 Å². The summed E-state index contributed by atoms with van der Waals surface area (Å²) < 4.78 is 3.95. The molecule has 0 amide bonds. The topological polar surface area (TPSA) is 50.4 Å². The molecular formula is C16H26ClIN6. The van der Waals surface area contributed by atoms with Gasteiger partial charge in [0.2, 0.25) is 0 Å². The monoisotopic (exact) mass is 464 g/mol. The Hall–Kier alpha value is -1.22. The van der Waals surface area contributed by atoms with Crippen LogP contribution in [-0.2, 0) is 20.1 Å². The SMILES string of the molecule is CCNC(=NCCn1cc(C)cn1)N(C)Cc1cc(Cl)cn1C.I. The molecule has 0 aliphatic rings. The molecule has 0 saturated carbocycles. The van der Waals surface area contributed by atoms with Crippen LogP contribution in [0.5, 0.6) is 0 Å². The largest absolute Gasteiger partial charge is 0.357 e. The van der Waals surface area contributed by atoms with E-state index in [1.165, 1.54) is 5.56 Å². The van der Waals surface area contributed by atoms with E-state index in [9.17, 15) is 0 Å². The average Bonchev–Trinajstić information content (AvgIpc) is 3.03. The predicted octanol–water partition coefficient (Wildman–Crippen LogP) is 2.90. The zero-order valence-corrected chi connectivity index (χ0v) is 17.7. The van der Waals surface area contributed by atoms with E-state index in [0.29, 0.717) is 6.54 Å². The van der Waals surface area contributed by atoms with Crippen LogP contribution in [0.3, 0.4) is 0 Å². The smallest absolute Gasteiger partial charge is 0.194 e. The summed E-state index contributed by atoms with van der Waals surface area (Å²) in [6.45, 7) is 7.14. The van der Waals surface area contributed by atoms with E-state index < -0.39 is 0 Å². The van der Waals surface area contributed by atoms with E-state index >= 15 is 0 Å². The molecule has 0 fully saturated rings. The first-order valence-electron chi connectivity index (χ1n) is 7.79. The lowest BCUT2D eigenvalue weighted by molar-refractivity contribution is 0.460. The first-order valence-corrected chi connectivity index (χ1v) is 8.16. The van der Waals surface area contributed by atoms with E-state index in [4.69, 9.17) is 11.6 Å². The minimum atomic E-state index is 0. The molecule has 2 heterocycles. The number of hydrogen-bond acceptors (Lipinski definition) is 2. The van der Waals surface area contributed by atoms with Gasteiger partial charge in [-0.2, -0.15) is 5.10 Å². The normalized spacial score (nSPS) is 11.3. The fraction of sp³-hybridized carbons (Fsp3) is 0.500. The van der Waals surface area contributed by atoms with Crippen LogP contribution < -0.4 is 5.32 Å². The molecule has 0 spiro atoms. The summed E-state index contributed by atoms with van der Waals surface area (Å²) >= 11 is 6.05. The first-order chi connectivity index (χ1) is 11.0. The Morgan fingerprint density at radius 1 is 1.42 bits per heavy atom. The quantitative estimate of drug-likeness (QED) is 0.406. The van der Waals surface area contributed by atoms with Gasteiger partial charge < -0.3 is 14.8 Å². The van der Waals surface area contributed by atoms with Gasteiger partial charge in [-0.3, -0.25) is 9.67 Å². The van der Waals surface area contributed by atoms with Crippen molar-refractivity contribution < 1.29 is 0 Å². The van der Waals surface area contributed by atoms with Gasteiger partial charge in [0.1, 0.15) is 0 Å². The summed E-state index contributed by atoms with van der Waals surface area (Å²) in [5.74, 6) is 0.883. The lowest BCUT2D eigenvalue weighted by atomic mass is 10.4. The molecule has 0 unspecified atom stereocenters. The molecule has 8 heteroatoms. The molecule has 0 aliphatic heterocycles. The van der Waals surface area contributed by atoms with Crippen molar-refractivity contribution in [1.82, 2.24) is 24.6 Å². The van der Waals surface area contributed by atoms with Crippen LogP contribution in [0.1, 0.15) is 18.2 Å². The predicted molar refractivity (Wildman–Crippen MR) is 110 cm³/mol. The molecule has 0 saturated heterocycles. The zero-order chi connectivity index (χ0) is 16.8. The van der Waals surface area contributed by atoms with Crippen LogP contribution >= 0.6 is 35.6 Å². The van der Waals surface area contributed by atoms with Crippen LogP contribution in [0.15, 0.2) is 29.6 Å². The van der Waals surface area contributed by atoms with Gasteiger partial charge in [-0.1, -0.05) is 11.6 Å². The molecule has 24 heavy (non-hydrogen) atoms. The molecule has 0 aromatic carbocycles. The number of halogens is 2. The fourth-order valence-corrected chi connectivity index (χ4v) is 2.63. The number of nitrogens with one attached hydrogen (secondary N) is 1. The summed E-state index contributed by atoms with van der Waals surface area (Å²) in [5.41, 5.74) is 2.31.